The minimum Gasteiger partial charge on any atom is -0.490 e. The van der Waals surface area contributed by atoms with E-state index in [-0.39, 0.29) is 12.1 Å². The summed E-state index contributed by atoms with van der Waals surface area (Å²) in [5.74, 6) is 0.802. The largest absolute Gasteiger partial charge is 0.490 e. The number of benzene rings is 3. The van der Waals surface area contributed by atoms with Gasteiger partial charge in [-0.15, -0.1) is 0 Å². The zero-order chi connectivity index (χ0) is 19.3. The van der Waals surface area contributed by atoms with Crippen LogP contribution >= 0.6 is 0 Å². The summed E-state index contributed by atoms with van der Waals surface area (Å²) in [4.78, 5) is 15.1. The Kier molecular flexibility index (Phi) is 5.11. The van der Waals surface area contributed by atoms with Crippen molar-refractivity contribution in [2.24, 2.45) is 0 Å². The van der Waals surface area contributed by atoms with Crippen molar-refractivity contribution in [1.82, 2.24) is 4.90 Å². The van der Waals surface area contributed by atoms with Gasteiger partial charge in [-0.2, -0.15) is 0 Å². The third-order valence-electron chi connectivity index (χ3n) is 4.78. The summed E-state index contributed by atoms with van der Waals surface area (Å²) in [7, 11) is 0. The van der Waals surface area contributed by atoms with Gasteiger partial charge in [0.2, 0.25) is 0 Å². The number of para-hydroxylation sites is 1. The van der Waals surface area contributed by atoms with Gasteiger partial charge in [0.1, 0.15) is 18.5 Å². The Morgan fingerprint density at radius 1 is 0.964 bits per heavy atom. The van der Waals surface area contributed by atoms with Gasteiger partial charge in [-0.1, -0.05) is 67.3 Å². The lowest BCUT2D eigenvalue weighted by Gasteiger charge is -2.38. The molecule has 0 spiro atoms. The van der Waals surface area contributed by atoms with Crippen LogP contribution in [0.1, 0.15) is 27.7 Å². The van der Waals surface area contributed by atoms with E-state index in [0.717, 1.165) is 22.6 Å². The van der Waals surface area contributed by atoms with E-state index in [1.54, 1.807) is 6.08 Å². The summed E-state index contributed by atoms with van der Waals surface area (Å²) in [6.07, 6.45) is 1.46. The Morgan fingerprint density at radius 3 is 2.43 bits per heavy atom. The van der Waals surface area contributed by atoms with E-state index in [9.17, 15) is 4.79 Å². The highest BCUT2D eigenvalue weighted by Gasteiger charge is 2.32. The first-order chi connectivity index (χ1) is 13.8. The molecule has 1 unspecified atom stereocenters. The van der Waals surface area contributed by atoms with Crippen molar-refractivity contribution < 1.29 is 9.53 Å². The van der Waals surface area contributed by atoms with Crippen molar-refractivity contribution in [3.63, 3.8) is 0 Å². The number of hydrogen-bond acceptors (Lipinski definition) is 3. The summed E-state index contributed by atoms with van der Waals surface area (Å²) in [6.45, 7) is 4.66. The van der Waals surface area contributed by atoms with Gasteiger partial charge < -0.3 is 15.0 Å². The lowest BCUT2D eigenvalue weighted by molar-refractivity contribution is 0.0666. The highest BCUT2D eigenvalue weighted by Crippen LogP contribution is 2.34. The Labute approximate surface area is 165 Å². The molecule has 1 aliphatic rings. The molecule has 0 aliphatic carbocycles. The standard InChI is InChI=1S/C24H22N2O2/c1-2-16-28-20-14-12-19(13-15-20)23-25-22-11-7-6-10-21(22)24(27)26(23)17-18-8-4-3-5-9-18/h2-15,23,25H,1,16-17H2. The van der Waals surface area contributed by atoms with Crippen LogP contribution in [0.5, 0.6) is 5.75 Å². The second-order valence-corrected chi connectivity index (χ2v) is 6.68. The number of rotatable bonds is 6. The van der Waals surface area contributed by atoms with E-state index in [1.165, 1.54) is 0 Å². The SMILES string of the molecule is C=CCOc1ccc(C2Nc3ccccc3C(=O)N2Cc2ccccc2)cc1. The van der Waals surface area contributed by atoms with E-state index in [4.69, 9.17) is 4.74 Å². The fraction of sp³-hybridized carbons (Fsp3) is 0.125. The molecule has 1 amide bonds. The topological polar surface area (TPSA) is 41.6 Å². The van der Waals surface area contributed by atoms with Crippen LogP contribution < -0.4 is 10.1 Å². The summed E-state index contributed by atoms with van der Waals surface area (Å²) in [5, 5.41) is 3.52. The summed E-state index contributed by atoms with van der Waals surface area (Å²) in [5.41, 5.74) is 3.65. The third-order valence-corrected chi connectivity index (χ3v) is 4.78. The molecule has 140 valence electrons. The number of fused-ring (bicyclic) bond motifs is 1. The van der Waals surface area contributed by atoms with Crippen LogP contribution in [0, 0.1) is 0 Å². The molecule has 1 aliphatic heterocycles. The lowest BCUT2D eigenvalue weighted by atomic mass is 10.0. The van der Waals surface area contributed by atoms with Crippen LogP contribution in [-0.2, 0) is 6.54 Å². The van der Waals surface area contributed by atoms with Crippen LogP contribution in [0.3, 0.4) is 0 Å². The van der Waals surface area contributed by atoms with Crippen molar-refractivity contribution in [2.75, 3.05) is 11.9 Å². The second kappa shape index (κ2) is 8.01. The molecule has 0 saturated carbocycles. The smallest absolute Gasteiger partial charge is 0.258 e. The van der Waals surface area contributed by atoms with Crippen LogP contribution in [0.25, 0.3) is 0 Å². The van der Waals surface area contributed by atoms with Crippen LogP contribution in [0.2, 0.25) is 0 Å². The molecule has 28 heavy (non-hydrogen) atoms. The highest BCUT2D eigenvalue weighted by atomic mass is 16.5. The van der Waals surface area contributed by atoms with Crippen molar-refractivity contribution >= 4 is 11.6 Å². The molecule has 0 saturated heterocycles. The first-order valence-electron chi connectivity index (χ1n) is 9.30. The zero-order valence-electron chi connectivity index (χ0n) is 15.5. The van der Waals surface area contributed by atoms with Crippen LogP contribution in [-0.4, -0.2) is 17.4 Å². The van der Waals surface area contributed by atoms with E-state index >= 15 is 0 Å². The summed E-state index contributed by atoms with van der Waals surface area (Å²) in [6, 6.07) is 25.5. The Bertz CT molecular complexity index is 967. The van der Waals surface area contributed by atoms with Crippen molar-refractivity contribution in [1.29, 1.82) is 0 Å². The molecule has 0 aromatic heterocycles. The predicted molar refractivity (Wildman–Crippen MR) is 111 cm³/mol. The molecule has 3 aromatic carbocycles. The van der Waals surface area contributed by atoms with Gasteiger partial charge in [-0.25, -0.2) is 0 Å². The maximum atomic E-state index is 13.3. The monoisotopic (exact) mass is 370 g/mol. The number of carbonyl (C=O) groups excluding carboxylic acids is 1. The fourth-order valence-corrected chi connectivity index (χ4v) is 3.40. The van der Waals surface area contributed by atoms with E-state index in [2.05, 4.69) is 11.9 Å². The first-order valence-corrected chi connectivity index (χ1v) is 9.30. The van der Waals surface area contributed by atoms with Gasteiger partial charge in [0.15, 0.2) is 0 Å². The van der Waals surface area contributed by atoms with Gasteiger partial charge in [0.25, 0.3) is 5.91 Å². The zero-order valence-corrected chi connectivity index (χ0v) is 15.5. The number of nitrogens with one attached hydrogen (secondary N) is 1. The average molecular weight is 370 g/mol. The number of carbonyl (C=O) groups is 1. The minimum absolute atomic E-state index is 0.0233. The van der Waals surface area contributed by atoms with Crippen molar-refractivity contribution in [3.05, 3.63) is 108 Å². The fourth-order valence-electron chi connectivity index (χ4n) is 3.40. The van der Waals surface area contributed by atoms with E-state index in [0.29, 0.717) is 18.7 Å². The van der Waals surface area contributed by atoms with Gasteiger partial charge in [0.05, 0.1) is 5.56 Å². The molecule has 1 heterocycles. The summed E-state index contributed by atoms with van der Waals surface area (Å²) >= 11 is 0. The molecule has 1 atom stereocenters. The maximum Gasteiger partial charge on any atom is 0.258 e. The number of nitrogens with zero attached hydrogens (tertiary/aromatic N) is 1. The summed E-state index contributed by atoms with van der Waals surface area (Å²) < 4.78 is 5.58. The molecule has 1 N–H and O–H groups in total. The molecule has 3 aromatic rings. The number of anilines is 1. The first kappa shape index (κ1) is 17.9. The molecule has 4 nitrogen and oxygen atoms in total. The molecule has 4 heteroatoms. The molecule has 0 bridgehead atoms. The third kappa shape index (κ3) is 3.62. The quantitative estimate of drug-likeness (QED) is 0.620. The van der Waals surface area contributed by atoms with E-state index < -0.39 is 0 Å². The molecule has 0 radical (unpaired) electrons. The Hall–Kier alpha value is -3.53. The molecular formula is C24H22N2O2. The molecule has 4 rings (SSSR count). The maximum absolute atomic E-state index is 13.3. The van der Waals surface area contributed by atoms with Crippen molar-refractivity contribution in [2.45, 2.75) is 12.7 Å². The second-order valence-electron chi connectivity index (χ2n) is 6.68. The highest BCUT2D eigenvalue weighted by molar-refractivity contribution is 6.01. The lowest BCUT2D eigenvalue weighted by Crippen LogP contribution is -2.42. The van der Waals surface area contributed by atoms with Gasteiger partial charge in [-0.3, -0.25) is 4.79 Å². The normalized spacial score (nSPS) is 15.5. The van der Waals surface area contributed by atoms with Gasteiger partial charge in [0, 0.05) is 12.2 Å². The van der Waals surface area contributed by atoms with Gasteiger partial charge >= 0.3 is 0 Å². The number of ether oxygens (including phenoxy) is 1. The molecular weight excluding hydrogens is 348 g/mol. The van der Waals surface area contributed by atoms with Crippen LogP contribution in [0.4, 0.5) is 5.69 Å². The predicted octanol–water partition coefficient (Wildman–Crippen LogP) is 5.02. The Balaban J connectivity index is 1.67. The molecule has 0 fully saturated rings. The number of amides is 1. The average Bonchev–Trinajstić information content (AvgIpc) is 2.75. The van der Waals surface area contributed by atoms with Gasteiger partial charge in [-0.05, 0) is 35.4 Å². The minimum atomic E-state index is -0.254. The Morgan fingerprint density at radius 2 is 1.68 bits per heavy atom. The van der Waals surface area contributed by atoms with E-state index in [1.807, 2.05) is 83.8 Å². The van der Waals surface area contributed by atoms with Crippen molar-refractivity contribution in [3.8, 4) is 5.75 Å². The van der Waals surface area contributed by atoms with Crippen LogP contribution in [0.15, 0.2) is 91.5 Å². The number of hydrogen-bond donors (Lipinski definition) is 1.